The number of nitrogens with zero attached hydrogens (tertiary/aromatic N) is 1. The van der Waals surface area contributed by atoms with Gasteiger partial charge >= 0.3 is 0 Å². The fraction of sp³-hybridized carbons (Fsp3) is 1.00. The molecular formula is C17H36N2O. The summed E-state index contributed by atoms with van der Waals surface area (Å²) < 4.78 is 0. The standard InChI is InChI=1S/C17H36N2O/c1-15(2)11-18-12-17(9-7-6-8-10-17)13-19(5)16(3,4)14-20/h15,18,20H,6-14H2,1-5H3. The second-order valence-corrected chi connectivity index (χ2v) is 7.91. The van der Waals surface area contributed by atoms with E-state index in [4.69, 9.17) is 0 Å². The van der Waals surface area contributed by atoms with Crippen molar-refractivity contribution in [3.63, 3.8) is 0 Å². The first-order valence-corrected chi connectivity index (χ1v) is 8.34. The van der Waals surface area contributed by atoms with Crippen molar-refractivity contribution in [2.75, 3.05) is 33.3 Å². The Labute approximate surface area is 126 Å². The number of rotatable bonds is 8. The quantitative estimate of drug-likeness (QED) is 0.719. The van der Waals surface area contributed by atoms with Crippen LogP contribution in [0.4, 0.5) is 0 Å². The molecule has 1 rings (SSSR count). The lowest BCUT2D eigenvalue weighted by Gasteiger charge is -2.45. The SMILES string of the molecule is CC(C)CNCC1(CN(C)C(C)(C)CO)CCCCC1. The zero-order valence-corrected chi connectivity index (χ0v) is 14.3. The highest BCUT2D eigenvalue weighted by Gasteiger charge is 2.36. The first-order chi connectivity index (χ1) is 9.31. The molecule has 0 aromatic heterocycles. The molecule has 3 nitrogen and oxygen atoms in total. The van der Waals surface area contributed by atoms with Gasteiger partial charge in [0.15, 0.2) is 0 Å². The highest BCUT2D eigenvalue weighted by molar-refractivity contribution is 4.91. The lowest BCUT2D eigenvalue weighted by Crippen LogP contribution is -2.52. The summed E-state index contributed by atoms with van der Waals surface area (Å²) in [6.45, 7) is 12.3. The predicted molar refractivity (Wildman–Crippen MR) is 87.0 cm³/mol. The fourth-order valence-electron chi connectivity index (χ4n) is 3.16. The van der Waals surface area contributed by atoms with E-state index in [1.807, 2.05) is 0 Å². The van der Waals surface area contributed by atoms with Gasteiger partial charge in [-0.25, -0.2) is 0 Å². The number of hydrogen-bond acceptors (Lipinski definition) is 3. The van der Waals surface area contributed by atoms with Crippen molar-refractivity contribution in [1.82, 2.24) is 10.2 Å². The van der Waals surface area contributed by atoms with Crippen molar-refractivity contribution in [3.05, 3.63) is 0 Å². The van der Waals surface area contributed by atoms with Crippen LogP contribution >= 0.6 is 0 Å². The Hall–Kier alpha value is -0.120. The summed E-state index contributed by atoms with van der Waals surface area (Å²) in [5.74, 6) is 0.710. The lowest BCUT2D eigenvalue weighted by molar-refractivity contribution is 0.0257. The molecule has 0 aromatic carbocycles. The minimum absolute atomic E-state index is 0.123. The smallest absolute Gasteiger partial charge is 0.0609 e. The minimum atomic E-state index is -0.123. The highest BCUT2D eigenvalue weighted by Crippen LogP contribution is 2.37. The molecule has 1 aliphatic rings. The molecule has 20 heavy (non-hydrogen) atoms. The van der Waals surface area contributed by atoms with E-state index in [1.165, 1.54) is 32.1 Å². The third-order valence-electron chi connectivity index (χ3n) is 4.96. The van der Waals surface area contributed by atoms with Gasteiger partial charge in [-0.05, 0) is 51.6 Å². The van der Waals surface area contributed by atoms with Crippen molar-refractivity contribution in [3.8, 4) is 0 Å². The predicted octanol–water partition coefficient (Wildman–Crippen LogP) is 2.89. The van der Waals surface area contributed by atoms with Crippen molar-refractivity contribution >= 4 is 0 Å². The maximum atomic E-state index is 9.57. The second kappa shape index (κ2) is 7.77. The Bertz CT molecular complexity index is 270. The van der Waals surface area contributed by atoms with Gasteiger partial charge in [-0.3, -0.25) is 4.90 Å². The lowest BCUT2D eigenvalue weighted by atomic mass is 9.73. The van der Waals surface area contributed by atoms with Crippen LogP contribution in [0.1, 0.15) is 59.8 Å². The van der Waals surface area contributed by atoms with Crippen molar-refractivity contribution < 1.29 is 5.11 Å². The van der Waals surface area contributed by atoms with Gasteiger partial charge in [0.1, 0.15) is 0 Å². The largest absolute Gasteiger partial charge is 0.394 e. The average Bonchev–Trinajstić information content (AvgIpc) is 2.39. The number of aliphatic hydroxyl groups excluding tert-OH is 1. The van der Waals surface area contributed by atoms with Gasteiger partial charge in [-0.2, -0.15) is 0 Å². The maximum Gasteiger partial charge on any atom is 0.0609 e. The van der Waals surface area contributed by atoms with Crippen LogP contribution in [0.3, 0.4) is 0 Å². The fourth-order valence-corrected chi connectivity index (χ4v) is 3.16. The average molecular weight is 284 g/mol. The molecule has 2 N–H and O–H groups in total. The summed E-state index contributed by atoms with van der Waals surface area (Å²) in [5, 5.41) is 13.3. The van der Waals surface area contributed by atoms with Gasteiger partial charge in [0.25, 0.3) is 0 Å². The van der Waals surface area contributed by atoms with E-state index in [0.717, 1.165) is 19.6 Å². The van der Waals surface area contributed by atoms with Crippen molar-refractivity contribution in [2.24, 2.45) is 11.3 Å². The van der Waals surface area contributed by atoms with Crippen molar-refractivity contribution in [2.45, 2.75) is 65.3 Å². The topological polar surface area (TPSA) is 35.5 Å². The maximum absolute atomic E-state index is 9.57. The highest BCUT2D eigenvalue weighted by atomic mass is 16.3. The Kier molecular flexibility index (Phi) is 6.96. The van der Waals surface area contributed by atoms with E-state index in [1.54, 1.807) is 0 Å². The molecule has 0 atom stereocenters. The molecule has 0 aromatic rings. The summed E-state index contributed by atoms with van der Waals surface area (Å²) >= 11 is 0. The molecule has 0 bridgehead atoms. The molecular weight excluding hydrogens is 248 g/mol. The Morgan fingerprint density at radius 1 is 1.20 bits per heavy atom. The summed E-state index contributed by atoms with van der Waals surface area (Å²) in [4.78, 5) is 2.36. The van der Waals surface area contributed by atoms with Crippen LogP contribution in [0.15, 0.2) is 0 Å². The summed E-state index contributed by atoms with van der Waals surface area (Å²) in [6.07, 6.45) is 6.75. The molecule has 0 spiro atoms. The molecule has 1 saturated carbocycles. The Morgan fingerprint density at radius 3 is 2.30 bits per heavy atom. The number of nitrogens with one attached hydrogen (secondary N) is 1. The van der Waals surface area contributed by atoms with Gasteiger partial charge in [0.05, 0.1) is 6.61 Å². The summed E-state index contributed by atoms with van der Waals surface area (Å²) in [5.41, 5.74) is 0.275. The molecule has 0 aliphatic heterocycles. The van der Waals surface area contributed by atoms with E-state index < -0.39 is 0 Å². The molecule has 0 radical (unpaired) electrons. The van der Waals surface area contributed by atoms with E-state index >= 15 is 0 Å². The molecule has 0 heterocycles. The van der Waals surface area contributed by atoms with Crippen LogP contribution in [0, 0.1) is 11.3 Å². The molecule has 0 unspecified atom stereocenters. The summed E-state index contributed by atoms with van der Waals surface area (Å²) in [6, 6.07) is 0. The summed E-state index contributed by atoms with van der Waals surface area (Å²) in [7, 11) is 2.16. The van der Waals surface area contributed by atoms with E-state index in [9.17, 15) is 5.11 Å². The third-order valence-corrected chi connectivity index (χ3v) is 4.96. The molecule has 0 amide bonds. The van der Waals surface area contributed by atoms with Crippen LogP contribution in [-0.2, 0) is 0 Å². The van der Waals surface area contributed by atoms with Gasteiger partial charge < -0.3 is 10.4 Å². The Morgan fingerprint density at radius 2 is 1.80 bits per heavy atom. The number of hydrogen-bond donors (Lipinski definition) is 2. The molecule has 3 heteroatoms. The normalized spacial score (nSPS) is 19.8. The van der Waals surface area contributed by atoms with Crippen LogP contribution in [0.25, 0.3) is 0 Å². The zero-order valence-electron chi connectivity index (χ0n) is 14.3. The third kappa shape index (κ3) is 5.34. The van der Waals surface area contributed by atoms with Gasteiger partial charge in [0, 0.05) is 18.6 Å². The minimum Gasteiger partial charge on any atom is -0.394 e. The van der Waals surface area contributed by atoms with Crippen LogP contribution in [0.5, 0.6) is 0 Å². The van der Waals surface area contributed by atoms with Crippen LogP contribution < -0.4 is 5.32 Å². The zero-order chi connectivity index (χ0) is 15.2. The Balaban J connectivity index is 2.63. The first kappa shape index (κ1) is 17.9. The first-order valence-electron chi connectivity index (χ1n) is 8.34. The van der Waals surface area contributed by atoms with E-state index in [0.29, 0.717) is 11.3 Å². The molecule has 0 saturated heterocycles. The van der Waals surface area contributed by atoms with Crippen LogP contribution in [0.2, 0.25) is 0 Å². The number of aliphatic hydroxyl groups is 1. The monoisotopic (exact) mass is 284 g/mol. The molecule has 1 fully saturated rings. The van der Waals surface area contributed by atoms with Crippen LogP contribution in [-0.4, -0.2) is 48.8 Å². The van der Waals surface area contributed by atoms with E-state index in [2.05, 4.69) is 45.0 Å². The van der Waals surface area contributed by atoms with E-state index in [-0.39, 0.29) is 12.1 Å². The molecule has 1 aliphatic carbocycles. The van der Waals surface area contributed by atoms with Crippen molar-refractivity contribution in [1.29, 1.82) is 0 Å². The second-order valence-electron chi connectivity index (χ2n) is 7.91. The van der Waals surface area contributed by atoms with Gasteiger partial charge in [0.2, 0.25) is 0 Å². The van der Waals surface area contributed by atoms with Gasteiger partial charge in [-0.1, -0.05) is 33.1 Å². The number of likely N-dealkylation sites (N-methyl/N-ethyl adjacent to an activating group) is 1. The molecule has 120 valence electrons. The van der Waals surface area contributed by atoms with Gasteiger partial charge in [-0.15, -0.1) is 0 Å².